The van der Waals surface area contributed by atoms with Crippen LogP contribution in [0.4, 0.5) is 39.5 Å². The van der Waals surface area contributed by atoms with E-state index in [0.717, 1.165) is 0 Å². The summed E-state index contributed by atoms with van der Waals surface area (Å²) in [5.74, 6) is -22.8. The summed E-state index contributed by atoms with van der Waals surface area (Å²) in [6, 6.07) is 1.36. The summed E-state index contributed by atoms with van der Waals surface area (Å²) in [6.45, 7) is 0. The summed E-state index contributed by atoms with van der Waals surface area (Å²) in [5, 5.41) is 7.17. The van der Waals surface area contributed by atoms with Gasteiger partial charge in [-0.05, 0) is 25.2 Å². The largest absolute Gasteiger partial charge is 0.460 e. The summed E-state index contributed by atoms with van der Waals surface area (Å²) in [7, 11) is -3.56. The molecule has 0 amide bonds. The number of nitrogens with zero attached hydrogens (tertiary/aromatic N) is 1. The molecule has 0 saturated heterocycles. The Balaban J connectivity index is 2.99. The van der Waals surface area contributed by atoms with Crippen LogP contribution in [0.3, 0.4) is 0 Å². The Kier molecular flexibility index (Phi) is 7.74. The first-order valence-electron chi connectivity index (χ1n) is 8.24. The summed E-state index contributed by atoms with van der Waals surface area (Å²) in [6.07, 6.45) is -7.80. The van der Waals surface area contributed by atoms with E-state index in [1.54, 1.807) is 0 Å². The van der Waals surface area contributed by atoms with E-state index in [9.17, 15) is 47.9 Å². The molecular formula is C15H17F9N2O3S. The quantitative estimate of drug-likeness (QED) is 0.402. The Hall–Kier alpha value is -1.69. The van der Waals surface area contributed by atoms with Gasteiger partial charge in [0.05, 0.1) is 18.9 Å². The molecule has 1 aliphatic carbocycles. The number of allylic oxidation sites excluding steroid dienone is 2. The van der Waals surface area contributed by atoms with E-state index >= 15 is 0 Å². The maximum Gasteiger partial charge on any atom is 0.460 e. The van der Waals surface area contributed by atoms with Gasteiger partial charge < -0.3 is 0 Å². The molecule has 2 atom stereocenters. The van der Waals surface area contributed by atoms with Crippen molar-refractivity contribution in [3.63, 3.8) is 0 Å². The Morgan fingerprint density at radius 1 is 1.17 bits per heavy atom. The zero-order valence-electron chi connectivity index (χ0n) is 15.2. The smallest absolute Gasteiger partial charge is 0.280 e. The summed E-state index contributed by atoms with van der Waals surface area (Å²) in [5.41, 5.74) is 3.02. The van der Waals surface area contributed by atoms with E-state index < -0.39 is 57.1 Å². The van der Waals surface area contributed by atoms with Crippen molar-refractivity contribution < 1.29 is 52.8 Å². The van der Waals surface area contributed by atoms with Crippen LogP contribution in [-0.4, -0.2) is 50.5 Å². The van der Waals surface area contributed by atoms with Crippen molar-refractivity contribution in [3.05, 3.63) is 11.8 Å². The van der Waals surface area contributed by atoms with E-state index in [1.165, 1.54) is 19.3 Å². The van der Waals surface area contributed by atoms with Crippen LogP contribution in [0.25, 0.3) is 0 Å². The fourth-order valence-corrected chi connectivity index (χ4v) is 4.58. The lowest BCUT2D eigenvalue weighted by molar-refractivity contribution is -0.396. The van der Waals surface area contributed by atoms with E-state index in [0.29, 0.717) is 5.70 Å². The van der Waals surface area contributed by atoms with Crippen LogP contribution in [0.5, 0.6) is 0 Å². The number of rotatable bonds is 9. The topological polar surface area (TPSA) is 79.2 Å². The van der Waals surface area contributed by atoms with E-state index in [2.05, 4.69) is 10.3 Å². The highest BCUT2D eigenvalue weighted by atomic mass is 32.2. The number of sulfone groups is 1. The van der Waals surface area contributed by atoms with Gasteiger partial charge in [-0.3, -0.25) is 10.3 Å². The maximum atomic E-state index is 13.6. The number of hydroxylamine groups is 1. The number of alkyl halides is 9. The van der Waals surface area contributed by atoms with Gasteiger partial charge in [0.25, 0.3) is 0 Å². The SMILES string of the molecule is CONC1=CCC(C(C#N)S(=O)(=O)CCC(F)(F)C(F)(F)C(F)(F)C(F)(F)F)CC1. The number of nitrogens with one attached hydrogen (secondary N) is 1. The van der Waals surface area contributed by atoms with Gasteiger partial charge in [0, 0.05) is 12.1 Å². The second-order valence-electron chi connectivity index (χ2n) is 6.59. The van der Waals surface area contributed by atoms with Crippen molar-refractivity contribution in [1.82, 2.24) is 5.48 Å². The van der Waals surface area contributed by atoms with Crippen LogP contribution in [0, 0.1) is 17.2 Å². The van der Waals surface area contributed by atoms with Gasteiger partial charge in [0.1, 0.15) is 0 Å². The van der Waals surface area contributed by atoms with E-state index in [1.807, 2.05) is 0 Å². The third-order valence-electron chi connectivity index (χ3n) is 4.54. The highest BCUT2D eigenvalue weighted by molar-refractivity contribution is 7.92. The molecule has 0 fully saturated rings. The first-order valence-corrected chi connectivity index (χ1v) is 9.95. The highest BCUT2D eigenvalue weighted by Gasteiger charge is 2.81. The second-order valence-corrected chi connectivity index (χ2v) is 8.83. The Bertz CT molecular complexity index is 788. The van der Waals surface area contributed by atoms with Crippen LogP contribution in [0.2, 0.25) is 0 Å². The Labute approximate surface area is 165 Å². The number of halogens is 9. The average Bonchev–Trinajstić information content (AvgIpc) is 2.61. The van der Waals surface area contributed by atoms with Gasteiger partial charge in [0.15, 0.2) is 15.1 Å². The van der Waals surface area contributed by atoms with Crippen LogP contribution < -0.4 is 5.48 Å². The lowest BCUT2D eigenvalue weighted by Gasteiger charge is -2.34. The van der Waals surface area contributed by atoms with E-state index in [4.69, 9.17) is 5.26 Å². The second kappa shape index (κ2) is 8.81. The van der Waals surface area contributed by atoms with Gasteiger partial charge in [-0.2, -0.15) is 44.8 Å². The summed E-state index contributed by atoms with van der Waals surface area (Å²) >= 11 is 0. The van der Waals surface area contributed by atoms with Crippen molar-refractivity contribution in [2.24, 2.45) is 5.92 Å². The third-order valence-corrected chi connectivity index (χ3v) is 6.57. The molecule has 15 heteroatoms. The molecule has 174 valence electrons. The molecule has 1 N–H and O–H groups in total. The molecule has 30 heavy (non-hydrogen) atoms. The summed E-state index contributed by atoms with van der Waals surface area (Å²) in [4.78, 5) is 4.63. The molecule has 0 aromatic rings. The molecule has 1 rings (SSSR count). The van der Waals surface area contributed by atoms with Crippen LogP contribution in [0.15, 0.2) is 11.8 Å². The Morgan fingerprint density at radius 3 is 2.13 bits per heavy atom. The van der Waals surface area contributed by atoms with Crippen LogP contribution >= 0.6 is 0 Å². The number of hydrogen-bond donors (Lipinski definition) is 1. The highest BCUT2D eigenvalue weighted by Crippen LogP contribution is 2.54. The lowest BCUT2D eigenvalue weighted by Crippen LogP contribution is -2.61. The molecule has 0 radical (unpaired) electrons. The fraction of sp³-hybridized carbons (Fsp3) is 0.800. The maximum absolute atomic E-state index is 13.6. The predicted molar refractivity (Wildman–Crippen MR) is 84.3 cm³/mol. The van der Waals surface area contributed by atoms with Crippen molar-refractivity contribution in [2.75, 3.05) is 12.9 Å². The molecule has 0 aromatic heterocycles. The third kappa shape index (κ3) is 5.13. The molecule has 0 aromatic carbocycles. The normalized spacial score (nSPS) is 20.3. The first kappa shape index (κ1) is 26.3. The molecule has 0 saturated carbocycles. The number of nitriles is 1. The minimum absolute atomic E-state index is 0.0259. The van der Waals surface area contributed by atoms with Crippen LogP contribution in [0.1, 0.15) is 25.7 Å². The minimum Gasteiger partial charge on any atom is -0.280 e. The molecule has 0 bridgehead atoms. The molecule has 0 spiro atoms. The van der Waals surface area contributed by atoms with Crippen molar-refractivity contribution in [1.29, 1.82) is 5.26 Å². The molecule has 5 nitrogen and oxygen atoms in total. The first-order chi connectivity index (χ1) is 13.4. The molecular weight excluding hydrogens is 459 g/mol. The van der Waals surface area contributed by atoms with E-state index in [-0.39, 0.29) is 19.3 Å². The lowest BCUT2D eigenvalue weighted by atomic mass is 9.90. The molecule has 0 aliphatic heterocycles. The molecule has 1 aliphatic rings. The summed E-state index contributed by atoms with van der Waals surface area (Å²) < 4.78 is 140. The fourth-order valence-electron chi connectivity index (χ4n) is 2.79. The van der Waals surface area contributed by atoms with Crippen LogP contribution in [-0.2, 0) is 14.7 Å². The van der Waals surface area contributed by atoms with Gasteiger partial charge in [-0.1, -0.05) is 6.08 Å². The van der Waals surface area contributed by atoms with Crippen molar-refractivity contribution >= 4 is 9.84 Å². The predicted octanol–water partition coefficient (Wildman–Crippen LogP) is 3.99. The monoisotopic (exact) mass is 476 g/mol. The number of hydrogen-bond acceptors (Lipinski definition) is 5. The van der Waals surface area contributed by atoms with Gasteiger partial charge >= 0.3 is 23.9 Å². The Morgan fingerprint density at radius 2 is 1.73 bits per heavy atom. The standard InChI is InChI=1S/C15H17F9N2O3S/c1-29-26-10-4-2-9(3-5-10)11(8-25)30(27,28)7-6-12(16,17)13(18,19)14(20,21)15(22,23)24/h4,9,11,26H,2-3,5-7H2,1H3. The van der Waals surface area contributed by atoms with Crippen molar-refractivity contribution in [3.8, 4) is 6.07 Å². The minimum atomic E-state index is -7.10. The van der Waals surface area contributed by atoms with Gasteiger partial charge in [0.2, 0.25) is 0 Å². The molecule has 2 unspecified atom stereocenters. The zero-order chi connectivity index (χ0) is 23.6. The zero-order valence-corrected chi connectivity index (χ0v) is 16.1. The van der Waals surface area contributed by atoms with Gasteiger partial charge in [-0.15, -0.1) is 0 Å². The average molecular weight is 476 g/mol. The van der Waals surface area contributed by atoms with Crippen molar-refractivity contribution in [2.45, 2.75) is 54.9 Å². The van der Waals surface area contributed by atoms with Gasteiger partial charge in [-0.25, -0.2) is 8.42 Å². The molecule has 0 heterocycles.